The summed E-state index contributed by atoms with van der Waals surface area (Å²) in [6.07, 6.45) is 1.13. The van der Waals surface area contributed by atoms with Crippen molar-refractivity contribution in [2.24, 2.45) is 5.73 Å². The second kappa shape index (κ2) is 7.38. The third-order valence-corrected chi connectivity index (χ3v) is 3.17. The lowest BCUT2D eigenvalue weighted by Crippen LogP contribution is -2.39. The van der Waals surface area contributed by atoms with Crippen molar-refractivity contribution in [2.75, 3.05) is 13.6 Å². The fourth-order valence-electron chi connectivity index (χ4n) is 1.67. The van der Waals surface area contributed by atoms with Gasteiger partial charge in [0.2, 0.25) is 5.91 Å². The van der Waals surface area contributed by atoms with Gasteiger partial charge >= 0.3 is 0 Å². The van der Waals surface area contributed by atoms with Gasteiger partial charge in [0.25, 0.3) is 0 Å². The molecule has 0 aliphatic rings. The predicted molar refractivity (Wildman–Crippen MR) is 72.8 cm³/mol. The molecule has 5 nitrogen and oxygen atoms in total. The number of carbonyl (C=O) groups is 1. The number of nitrogens with zero attached hydrogens (tertiary/aromatic N) is 2. The highest BCUT2D eigenvalue weighted by Gasteiger charge is 2.16. The van der Waals surface area contributed by atoms with E-state index in [9.17, 15) is 4.79 Å². The van der Waals surface area contributed by atoms with Gasteiger partial charge in [-0.2, -0.15) is 0 Å². The molecule has 0 saturated heterocycles. The summed E-state index contributed by atoms with van der Waals surface area (Å²) in [5.74, 6) is 0.896. The largest absolute Gasteiger partial charge is 0.361 e. The van der Waals surface area contributed by atoms with Crippen molar-refractivity contribution in [1.29, 1.82) is 0 Å². The van der Waals surface area contributed by atoms with Crippen LogP contribution in [0.5, 0.6) is 0 Å². The van der Waals surface area contributed by atoms with E-state index in [1.165, 1.54) is 0 Å². The van der Waals surface area contributed by atoms with Crippen LogP contribution in [0.25, 0.3) is 0 Å². The average molecular weight is 276 g/mol. The number of amides is 1. The quantitative estimate of drug-likeness (QED) is 0.883. The number of aryl methyl sites for hydroxylation is 2. The van der Waals surface area contributed by atoms with Crippen LogP contribution in [0.3, 0.4) is 0 Å². The molecule has 0 aliphatic carbocycles. The Balaban J connectivity index is 0.00000289. The van der Waals surface area contributed by atoms with Gasteiger partial charge in [-0.15, -0.1) is 12.4 Å². The van der Waals surface area contributed by atoms with Crippen LogP contribution in [0.4, 0.5) is 0 Å². The Hall–Kier alpha value is -1.07. The SMILES string of the molecule is Cc1noc(C)c1CCC(=O)N(C)C(C)CN.Cl. The van der Waals surface area contributed by atoms with Crippen LogP contribution in [-0.2, 0) is 11.2 Å². The first-order chi connectivity index (χ1) is 7.97. The van der Waals surface area contributed by atoms with Gasteiger partial charge in [0, 0.05) is 31.6 Å². The molecule has 1 aromatic rings. The smallest absolute Gasteiger partial charge is 0.222 e. The second-order valence-corrected chi connectivity index (χ2v) is 4.39. The summed E-state index contributed by atoms with van der Waals surface area (Å²) < 4.78 is 5.06. The van der Waals surface area contributed by atoms with Gasteiger partial charge in [0.1, 0.15) is 5.76 Å². The molecular formula is C12H22ClN3O2. The molecule has 0 spiro atoms. The molecule has 18 heavy (non-hydrogen) atoms. The Labute approximate surface area is 114 Å². The normalized spacial score (nSPS) is 11.8. The molecule has 104 valence electrons. The number of rotatable bonds is 5. The van der Waals surface area contributed by atoms with Crippen molar-refractivity contribution >= 4 is 18.3 Å². The van der Waals surface area contributed by atoms with E-state index in [4.69, 9.17) is 10.3 Å². The average Bonchev–Trinajstić information content (AvgIpc) is 2.64. The van der Waals surface area contributed by atoms with Crippen molar-refractivity contribution in [1.82, 2.24) is 10.1 Å². The first kappa shape index (κ1) is 16.9. The summed E-state index contributed by atoms with van der Waals surface area (Å²) in [7, 11) is 1.78. The van der Waals surface area contributed by atoms with E-state index in [1.807, 2.05) is 20.8 Å². The van der Waals surface area contributed by atoms with Gasteiger partial charge in [0.05, 0.1) is 5.69 Å². The zero-order valence-corrected chi connectivity index (χ0v) is 12.2. The van der Waals surface area contributed by atoms with Crippen molar-refractivity contribution in [2.45, 2.75) is 39.7 Å². The molecule has 1 aromatic heterocycles. The van der Waals surface area contributed by atoms with Crippen molar-refractivity contribution < 1.29 is 9.32 Å². The summed E-state index contributed by atoms with van der Waals surface area (Å²) in [5, 5.41) is 3.87. The topological polar surface area (TPSA) is 72.4 Å². The van der Waals surface area contributed by atoms with E-state index in [0.717, 1.165) is 17.0 Å². The maximum Gasteiger partial charge on any atom is 0.222 e. The molecular weight excluding hydrogens is 254 g/mol. The van der Waals surface area contributed by atoms with E-state index < -0.39 is 0 Å². The van der Waals surface area contributed by atoms with Gasteiger partial charge in [-0.25, -0.2) is 0 Å². The lowest BCUT2D eigenvalue weighted by atomic mass is 10.1. The maximum atomic E-state index is 11.9. The summed E-state index contributed by atoms with van der Waals surface area (Å²) in [6.45, 7) is 6.18. The van der Waals surface area contributed by atoms with Gasteiger partial charge in [-0.1, -0.05) is 5.16 Å². The maximum absolute atomic E-state index is 11.9. The minimum atomic E-state index is 0. The lowest BCUT2D eigenvalue weighted by molar-refractivity contribution is -0.131. The third-order valence-electron chi connectivity index (χ3n) is 3.17. The van der Waals surface area contributed by atoms with Crippen molar-refractivity contribution in [3.63, 3.8) is 0 Å². The van der Waals surface area contributed by atoms with Crippen LogP contribution in [0.2, 0.25) is 0 Å². The Bertz CT molecular complexity index is 373. The summed E-state index contributed by atoms with van der Waals surface area (Å²) in [4.78, 5) is 13.6. The minimum Gasteiger partial charge on any atom is -0.361 e. The van der Waals surface area contributed by atoms with E-state index in [1.54, 1.807) is 11.9 Å². The highest BCUT2D eigenvalue weighted by atomic mass is 35.5. The molecule has 1 amide bonds. The molecule has 1 rings (SSSR count). The van der Waals surface area contributed by atoms with E-state index in [-0.39, 0.29) is 24.4 Å². The van der Waals surface area contributed by atoms with Gasteiger partial charge in [-0.3, -0.25) is 4.79 Å². The first-order valence-corrected chi connectivity index (χ1v) is 5.84. The van der Waals surface area contributed by atoms with E-state index in [2.05, 4.69) is 5.16 Å². The standard InChI is InChI=1S/C12H21N3O2.ClH/c1-8(7-13)15(4)12(16)6-5-11-9(2)14-17-10(11)3;/h8H,5-7,13H2,1-4H3;1H. The monoisotopic (exact) mass is 275 g/mol. The molecule has 2 N–H and O–H groups in total. The zero-order valence-electron chi connectivity index (χ0n) is 11.4. The molecule has 0 aliphatic heterocycles. The fourth-order valence-corrected chi connectivity index (χ4v) is 1.67. The van der Waals surface area contributed by atoms with Crippen LogP contribution in [0.1, 0.15) is 30.4 Å². The number of nitrogens with two attached hydrogens (primary N) is 1. The second-order valence-electron chi connectivity index (χ2n) is 4.39. The van der Waals surface area contributed by atoms with Gasteiger partial charge in [0.15, 0.2) is 0 Å². The predicted octanol–water partition coefficient (Wildman–Crippen LogP) is 1.45. The number of halogens is 1. The molecule has 6 heteroatoms. The number of likely N-dealkylation sites (N-methyl/N-ethyl adjacent to an activating group) is 1. The van der Waals surface area contributed by atoms with E-state index >= 15 is 0 Å². The molecule has 1 atom stereocenters. The Morgan fingerprint density at radius 2 is 2.11 bits per heavy atom. The first-order valence-electron chi connectivity index (χ1n) is 5.84. The fraction of sp³-hybridized carbons (Fsp3) is 0.667. The minimum absolute atomic E-state index is 0. The van der Waals surface area contributed by atoms with E-state index in [0.29, 0.717) is 19.4 Å². The molecule has 0 bridgehead atoms. The molecule has 0 fully saturated rings. The Morgan fingerprint density at radius 1 is 1.50 bits per heavy atom. The number of hydrogen-bond acceptors (Lipinski definition) is 4. The van der Waals surface area contributed by atoms with Crippen LogP contribution >= 0.6 is 12.4 Å². The summed E-state index contributed by atoms with van der Waals surface area (Å²) >= 11 is 0. The van der Waals surface area contributed by atoms with Crippen molar-refractivity contribution in [3.8, 4) is 0 Å². The van der Waals surface area contributed by atoms with Crippen LogP contribution in [0, 0.1) is 13.8 Å². The number of carbonyl (C=O) groups excluding carboxylic acids is 1. The number of hydrogen-bond donors (Lipinski definition) is 1. The highest BCUT2D eigenvalue weighted by Crippen LogP contribution is 2.15. The Morgan fingerprint density at radius 3 is 2.56 bits per heavy atom. The highest BCUT2D eigenvalue weighted by molar-refractivity contribution is 5.85. The third kappa shape index (κ3) is 3.99. The summed E-state index contributed by atoms with van der Waals surface area (Å²) in [5.41, 5.74) is 7.43. The van der Waals surface area contributed by atoms with Crippen LogP contribution in [0.15, 0.2) is 4.52 Å². The van der Waals surface area contributed by atoms with Crippen LogP contribution < -0.4 is 5.73 Å². The van der Waals surface area contributed by atoms with Gasteiger partial charge < -0.3 is 15.2 Å². The van der Waals surface area contributed by atoms with Gasteiger partial charge in [-0.05, 0) is 27.2 Å². The number of aromatic nitrogens is 1. The summed E-state index contributed by atoms with van der Waals surface area (Å²) in [6, 6.07) is 0.0761. The van der Waals surface area contributed by atoms with Crippen molar-refractivity contribution in [3.05, 3.63) is 17.0 Å². The molecule has 0 radical (unpaired) electrons. The molecule has 0 aromatic carbocycles. The Kier molecular flexibility index (Phi) is 6.94. The molecule has 0 saturated carbocycles. The zero-order chi connectivity index (χ0) is 13.0. The van der Waals surface area contributed by atoms with Crippen LogP contribution in [-0.4, -0.2) is 35.6 Å². The lowest BCUT2D eigenvalue weighted by Gasteiger charge is -2.23. The molecule has 1 unspecified atom stereocenters. The molecule has 1 heterocycles.